The number of hydrogen-bond donors (Lipinski definition) is 1. The highest BCUT2D eigenvalue weighted by Crippen LogP contribution is 2.03. The minimum Gasteiger partial charge on any atom is -0.355 e. The second kappa shape index (κ2) is 7.53. The summed E-state index contributed by atoms with van der Waals surface area (Å²) in [5, 5.41) is 2.62. The molecule has 0 aliphatic rings. The van der Waals surface area contributed by atoms with E-state index in [1.165, 1.54) is 29.0 Å². The molecular weight excluding hydrogens is 301 g/mol. The van der Waals surface area contributed by atoms with Gasteiger partial charge < -0.3 is 5.32 Å². The van der Waals surface area contributed by atoms with Crippen LogP contribution in [-0.4, -0.2) is 21.6 Å². The van der Waals surface area contributed by atoms with Gasteiger partial charge in [0, 0.05) is 18.8 Å². The fourth-order valence-corrected chi connectivity index (χ4v) is 2.07. The standard InChI is InChI=1S/C16H18FN3O3/c1-2-8-18-14(21)11-20-15(22)7-9-19(16(20)23)10-12-3-5-13(17)6-4-12/h3-7,9H,2,8,10-11H2,1H3,(H,18,21). The second-order valence-electron chi connectivity index (χ2n) is 5.13. The highest BCUT2D eigenvalue weighted by molar-refractivity contribution is 5.75. The Kier molecular flexibility index (Phi) is 5.46. The summed E-state index contributed by atoms with van der Waals surface area (Å²) in [6.45, 7) is 2.27. The third-order valence-electron chi connectivity index (χ3n) is 3.28. The Balaban J connectivity index is 2.24. The van der Waals surface area contributed by atoms with E-state index in [2.05, 4.69) is 5.32 Å². The van der Waals surface area contributed by atoms with Crippen molar-refractivity contribution in [2.75, 3.05) is 6.54 Å². The summed E-state index contributed by atoms with van der Waals surface area (Å²) in [6.07, 6.45) is 2.14. The van der Waals surface area contributed by atoms with E-state index < -0.39 is 11.2 Å². The molecule has 7 heteroatoms. The summed E-state index contributed by atoms with van der Waals surface area (Å²) in [5.41, 5.74) is -0.389. The van der Waals surface area contributed by atoms with Crippen LogP contribution in [0.5, 0.6) is 0 Å². The number of carbonyl (C=O) groups excluding carboxylic acids is 1. The molecule has 2 rings (SSSR count). The van der Waals surface area contributed by atoms with Crippen molar-refractivity contribution in [1.29, 1.82) is 0 Å². The Morgan fingerprint density at radius 1 is 1.17 bits per heavy atom. The van der Waals surface area contributed by atoms with Crippen LogP contribution in [0.4, 0.5) is 4.39 Å². The summed E-state index contributed by atoms with van der Waals surface area (Å²) in [4.78, 5) is 35.9. The lowest BCUT2D eigenvalue weighted by Crippen LogP contribution is -2.43. The van der Waals surface area contributed by atoms with Crippen LogP contribution in [-0.2, 0) is 17.9 Å². The number of hydrogen-bond acceptors (Lipinski definition) is 3. The quantitative estimate of drug-likeness (QED) is 0.853. The maximum atomic E-state index is 12.9. The van der Waals surface area contributed by atoms with Crippen molar-refractivity contribution < 1.29 is 9.18 Å². The van der Waals surface area contributed by atoms with Crippen LogP contribution < -0.4 is 16.6 Å². The van der Waals surface area contributed by atoms with E-state index in [4.69, 9.17) is 0 Å². The number of aromatic nitrogens is 2. The van der Waals surface area contributed by atoms with Crippen molar-refractivity contribution in [2.24, 2.45) is 0 Å². The van der Waals surface area contributed by atoms with E-state index in [9.17, 15) is 18.8 Å². The molecule has 0 aliphatic carbocycles. The first-order valence-electron chi connectivity index (χ1n) is 7.32. The van der Waals surface area contributed by atoms with Gasteiger partial charge in [0.2, 0.25) is 5.91 Å². The summed E-state index contributed by atoms with van der Waals surface area (Å²) in [5.74, 6) is -0.746. The summed E-state index contributed by atoms with van der Waals surface area (Å²) < 4.78 is 15.1. The average Bonchev–Trinajstić information content (AvgIpc) is 2.54. The maximum Gasteiger partial charge on any atom is 0.331 e. The average molecular weight is 319 g/mol. The van der Waals surface area contributed by atoms with Gasteiger partial charge in [-0.25, -0.2) is 9.18 Å². The molecule has 1 aromatic carbocycles. The number of rotatable bonds is 6. The van der Waals surface area contributed by atoms with E-state index in [-0.39, 0.29) is 24.8 Å². The molecule has 1 N–H and O–H groups in total. The number of benzene rings is 1. The Morgan fingerprint density at radius 3 is 2.52 bits per heavy atom. The number of carbonyl (C=O) groups is 1. The number of nitrogens with one attached hydrogen (secondary N) is 1. The molecule has 0 aliphatic heterocycles. The molecule has 0 radical (unpaired) electrons. The van der Waals surface area contributed by atoms with Gasteiger partial charge in [-0.15, -0.1) is 0 Å². The summed E-state index contributed by atoms with van der Waals surface area (Å²) in [6, 6.07) is 6.96. The molecule has 0 saturated carbocycles. The van der Waals surface area contributed by atoms with Crippen molar-refractivity contribution >= 4 is 5.91 Å². The van der Waals surface area contributed by atoms with Gasteiger partial charge in [0.1, 0.15) is 12.4 Å². The zero-order chi connectivity index (χ0) is 16.8. The van der Waals surface area contributed by atoms with Crippen LogP contribution in [0.1, 0.15) is 18.9 Å². The Bertz CT molecular complexity index is 793. The Morgan fingerprint density at radius 2 is 1.87 bits per heavy atom. The van der Waals surface area contributed by atoms with Crippen LogP contribution in [0.2, 0.25) is 0 Å². The molecule has 6 nitrogen and oxygen atoms in total. The lowest BCUT2D eigenvalue weighted by molar-refractivity contribution is -0.121. The van der Waals surface area contributed by atoms with E-state index in [1.807, 2.05) is 6.92 Å². The van der Waals surface area contributed by atoms with Crippen LogP contribution in [0.15, 0.2) is 46.1 Å². The van der Waals surface area contributed by atoms with E-state index >= 15 is 0 Å². The van der Waals surface area contributed by atoms with Crippen molar-refractivity contribution in [3.63, 3.8) is 0 Å². The first-order chi connectivity index (χ1) is 11.0. The molecule has 0 saturated heterocycles. The molecule has 23 heavy (non-hydrogen) atoms. The number of halogens is 1. The van der Waals surface area contributed by atoms with Gasteiger partial charge in [0.25, 0.3) is 5.56 Å². The van der Waals surface area contributed by atoms with Crippen molar-refractivity contribution in [2.45, 2.75) is 26.4 Å². The number of nitrogens with zero attached hydrogens (tertiary/aromatic N) is 2. The summed E-state index contributed by atoms with van der Waals surface area (Å²) in [7, 11) is 0. The van der Waals surface area contributed by atoms with Crippen LogP contribution in [0, 0.1) is 5.82 Å². The minimum absolute atomic E-state index is 0.190. The van der Waals surface area contributed by atoms with Crippen molar-refractivity contribution in [3.8, 4) is 0 Å². The normalized spacial score (nSPS) is 10.5. The van der Waals surface area contributed by atoms with Gasteiger partial charge in [-0.05, 0) is 24.1 Å². The maximum absolute atomic E-state index is 12.9. The molecule has 1 amide bonds. The molecule has 0 atom stereocenters. The zero-order valence-electron chi connectivity index (χ0n) is 12.8. The fourth-order valence-electron chi connectivity index (χ4n) is 2.07. The van der Waals surface area contributed by atoms with Crippen molar-refractivity contribution in [3.05, 3.63) is 68.7 Å². The van der Waals surface area contributed by atoms with E-state index in [0.29, 0.717) is 12.1 Å². The molecule has 122 valence electrons. The molecule has 0 unspecified atom stereocenters. The highest BCUT2D eigenvalue weighted by atomic mass is 19.1. The Hall–Kier alpha value is -2.70. The van der Waals surface area contributed by atoms with Gasteiger partial charge in [-0.2, -0.15) is 0 Å². The molecule has 0 bridgehead atoms. The summed E-state index contributed by atoms with van der Waals surface area (Å²) >= 11 is 0. The zero-order valence-corrected chi connectivity index (χ0v) is 12.8. The number of amides is 1. The first kappa shape index (κ1) is 16.7. The minimum atomic E-state index is -0.575. The predicted octanol–water partition coefficient (Wildman–Crippen LogP) is 0.724. The SMILES string of the molecule is CCCNC(=O)Cn1c(=O)ccn(Cc2ccc(F)cc2)c1=O. The third kappa shape index (κ3) is 4.38. The molecule has 2 aromatic rings. The highest BCUT2D eigenvalue weighted by Gasteiger charge is 2.10. The van der Waals surface area contributed by atoms with Crippen LogP contribution in [0.25, 0.3) is 0 Å². The van der Waals surface area contributed by atoms with Gasteiger partial charge in [-0.3, -0.25) is 18.7 Å². The van der Waals surface area contributed by atoms with Gasteiger partial charge in [-0.1, -0.05) is 19.1 Å². The third-order valence-corrected chi connectivity index (χ3v) is 3.28. The first-order valence-corrected chi connectivity index (χ1v) is 7.32. The predicted molar refractivity (Wildman–Crippen MR) is 83.8 cm³/mol. The van der Waals surface area contributed by atoms with E-state index in [0.717, 1.165) is 11.0 Å². The monoisotopic (exact) mass is 319 g/mol. The molecule has 0 fully saturated rings. The van der Waals surface area contributed by atoms with E-state index in [1.54, 1.807) is 12.1 Å². The van der Waals surface area contributed by atoms with Crippen LogP contribution in [0.3, 0.4) is 0 Å². The molecule has 0 spiro atoms. The molecular formula is C16H18FN3O3. The van der Waals surface area contributed by atoms with Gasteiger partial charge in [0.05, 0.1) is 6.54 Å². The second-order valence-corrected chi connectivity index (χ2v) is 5.13. The largest absolute Gasteiger partial charge is 0.355 e. The molecule has 1 aromatic heterocycles. The lowest BCUT2D eigenvalue weighted by atomic mass is 10.2. The van der Waals surface area contributed by atoms with Gasteiger partial charge >= 0.3 is 5.69 Å². The smallest absolute Gasteiger partial charge is 0.331 e. The topological polar surface area (TPSA) is 73.1 Å². The lowest BCUT2D eigenvalue weighted by Gasteiger charge is -2.10. The van der Waals surface area contributed by atoms with Crippen LogP contribution >= 0.6 is 0 Å². The Labute approximate surface area is 132 Å². The fraction of sp³-hybridized carbons (Fsp3) is 0.312. The van der Waals surface area contributed by atoms with Gasteiger partial charge in [0.15, 0.2) is 0 Å². The van der Waals surface area contributed by atoms with Crippen molar-refractivity contribution in [1.82, 2.24) is 14.5 Å². The molecule has 1 heterocycles.